The van der Waals surface area contributed by atoms with Crippen LogP contribution in [0.2, 0.25) is 0 Å². The Kier molecular flexibility index (Phi) is 6.85. The van der Waals surface area contributed by atoms with Crippen molar-refractivity contribution in [3.63, 3.8) is 0 Å². The summed E-state index contributed by atoms with van der Waals surface area (Å²) in [7, 11) is 1.81. The molecule has 0 fully saturated rings. The minimum atomic E-state index is 0.440. The van der Waals surface area contributed by atoms with E-state index in [2.05, 4.69) is 72.0 Å². The standard InChI is InChI=1S/C19H29N5/c1-15-7-5-8-18(11-15)17(3)13-22-19(20-4)21-9-6-10-24-14-16(2)12-23-24/h5,7-8,11-12,14,17H,6,9-10,13H2,1-4H3,(H2,20,21,22). The third-order valence-electron chi connectivity index (χ3n) is 4.03. The van der Waals surface area contributed by atoms with Gasteiger partial charge in [-0.15, -0.1) is 0 Å². The Hall–Kier alpha value is -2.30. The topological polar surface area (TPSA) is 54.2 Å². The van der Waals surface area contributed by atoms with Gasteiger partial charge in [0.2, 0.25) is 0 Å². The smallest absolute Gasteiger partial charge is 0.190 e. The Morgan fingerprint density at radius 3 is 2.75 bits per heavy atom. The molecule has 24 heavy (non-hydrogen) atoms. The number of aromatic nitrogens is 2. The summed E-state index contributed by atoms with van der Waals surface area (Å²) in [6.45, 7) is 9.07. The molecular weight excluding hydrogens is 298 g/mol. The lowest BCUT2D eigenvalue weighted by Gasteiger charge is -2.16. The van der Waals surface area contributed by atoms with Gasteiger partial charge in [0.1, 0.15) is 0 Å². The van der Waals surface area contributed by atoms with Crippen LogP contribution >= 0.6 is 0 Å². The van der Waals surface area contributed by atoms with E-state index in [9.17, 15) is 0 Å². The number of hydrogen-bond donors (Lipinski definition) is 2. The molecule has 0 radical (unpaired) electrons. The third-order valence-corrected chi connectivity index (χ3v) is 4.03. The maximum absolute atomic E-state index is 4.30. The molecule has 2 aromatic rings. The van der Waals surface area contributed by atoms with E-state index in [-0.39, 0.29) is 0 Å². The first-order valence-electron chi connectivity index (χ1n) is 8.58. The fourth-order valence-corrected chi connectivity index (χ4v) is 2.60. The van der Waals surface area contributed by atoms with Crippen molar-refractivity contribution in [2.24, 2.45) is 4.99 Å². The van der Waals surface area contributed by atoms with Gasteiger partial charge in [-0.1, -0.05) is 36.8 Å². The zero-order valence-electron chi connectivity index (χ0n) is 15.2. The van der Waals surface area contributed by atoms with Crippen LogP contribution in [0.3, 0.4) is 0 Å². The Balaban J connectivity index is 1.70. The zero-order chi connectivity index (χ0) is 17.4. The van der Waals surface area contributed by atoms with Crippen molar-refractivity contribution >= 4 is 5.96 Å². The highest BCUT2D eigenvalue weighted by Crippen LogP contribution is 2.15. The maximum atomic E-state index is 4.30. The van der Waals surface area contributed by atoms with Crippen LogP contribution < -0.4 is 10.6 Å². The summed E-state index contributed by atoms with van der Waals surface area (Å²) >= 11 is 0. The quantitative estimate of drug-likeness (QED) is 0.467. The summed E-state index contributed by atoms with van der Waals surface area (Å²) in [4.78, 5) is 4.29. The SMILES string of the molecule is CN=C(NCCCn1cc(C)cn1)NCC(C)c1cccc(C)c1. The van der Waals surface area contributed by atoms with Crippen molar-refractivity contribution in [3.8, 4) is 0 Å². The number of nitrogens with one attached hydrogen (secondary N) is 2. The van der Waals surface area contributed by atoms with E-state index in [1.54, 1.807) is 0 Å². The molecule has 0 aliphatic heterocycles. The van der Waals surface area contributed by atoms with Gasteiger partial charge in [0, 0.05) is 32.9 Å². The van der Waals surface area contributed by atoms with E-state index in [4.69, 9.17) is 0 Å². The summed E-state index contributed by atoms with van der Waals surface area (Å²) in [5, 5.41) is 11.1. The molecule has 1 unspecified atom stereocenters. The van der Waals surface area contributed by atoms with Gasteiger partial charge < -0.3 is 10.6 Å². The predicted molar refractivity (Wildman–Crippen MR) is 101 cm³/mol. The molecule has 0 amide bonds. The lowest BCUT2D eigenvalue weighted by Crippen LogP contribution is -2.39. The van der Waals surface area contributed by atoms with Crippen LogP contribution in [-0.4, -0.2) is 35.9 Å². The van der Waals surface area contributed by atoms with Gasteiger partial charge in [-0.3, -0.25) is 9.67 Å². The van der Waals surface area contributed by atoms with E-state index in [1.807, 2.05) is 17.9 Å². The zero-order valence-corrected chi connectivity index (χ0v) is 15.2. The number of aryl methyl sites for hydroxylation is 3. The number of benzene rings is 1. The lowest BCUT2D eigenvalue weighted by atomic mass is 9.99. The molecule has 0 aliphatic rings. The van der Waals surface area contributed by atoms with Crippen LogP contribution in [0.1, 0.15) is 36.0 Å². The molecule has 0 spiro atoms. The Morgan fingerprint density at radius 2 is 2.08 bits per heavy atom. The van der Waals surface area contributed by atoms with Gasteiger partial charge in [-0.25, -0.2) is 0 Å². The Labute approximate surface area is 145 Å². The van der Waals surface area contributed by atoms with Crippen molar-refractivity contribution < 1.29 is 0 Å². The van der Waals surface area contributed by atoms with Crippen molar-refractivity contribution in [2.45, 2.75) is 39.7 Å². The Morgan fingerprint density at radius 1 is 1.25 bits per heavy atom. The number of guanidine groups is 1. The average Bonchev–Trinajstić information content (AvgIpc) is 2.99. The summed E-state index contributed by atoms with van der Waals surface area (Å²) in [5.41, 5.74) is 3.85. The fraction of sp³-hybridized carbons (Fsp3) is 0.474. The maximum Gasteiger partial charge on any atom is 0.190 e. The van der Waals surface area contributed by atoms with Gasteiger partial charge >= 0.3 is 0 Å². The number of nitrogens with zero attached hydrogens (tertiary/aromatic N) is 3. The minimum absolute atomic E-state index is 0.440. The molecule has 1 aromatic heterocycles. The largest absolute Gasteiger partial charge is 0.356 e. The molecule has 5 heteroatoms. The first kappa shape index (κ1) is 18.0. The van der Waals surface area contributed by atoms with Gasteiger partial charge in [-0.05, 0) is 37.3 Å². The first-order chi connectivity index (χ1) is 11.6. The number of aliphatic imine (C=N–C) groups is 1. The summed E-state index contributed by atoms with van der Waals surface area (Å²) < 4.78 is 1.98. The van der Waals surface area contributed by atoms with Crippen LogP contribution in [0.5, 0.6) is 0 Å². The minimum Gasteiger partial charge on any atom is -0.356 e. The van der Waals surface area contributed by atoms with E-state index >= 15 is 0 Å². The number of hydrogen-bond acceptors (Lipinski definition) is 2. The van der Waals surface area contributed by atoms with E-state index in [1.165, 1.54) is 16.7 Å². The van der Waals surface area contributed by atoms with Crippen LogP contribution in [0.15, 0.2) is 41.7 Å². The second-order valence-electron chi connectivity index (χ2n) is 6.33. The van der Waals surface area contributed by atoms with Gasteiger partial charge in [0.25, 0.3) is 0 Å². The number of rotatable bonds is 7. The van der Waals surface area contributed by atoms with Gasteiger partial charge in [0.15, 0.2) is 5.96 Å². The second-order valence-corrected chi connectivity index (χ2v) is 6.33. The summed E-state index contributed by atoms with van der Waals surface area (Å²) in [5.74, 6) is 1.29. The highest BCUT2D eigenvalue weighted by molar-refractivity contribution is 5.79. The van der Waals surface area contributed by atoms with Crippen molar-refractivity contribution in [1.29, 1.82) is 0 Å². The summed E-state index contributed by atoms with van der Waals surface area (Å²) in [6.07, 6.45) is 4.96. The molecule has 1 atom stereocenters. The monoisotopic (exact) mass is 327 g/mol. The van der Waals surface area contributed by atoms with Crippen molar-refractivity contribution in [3.05, 3.63) is 53.3 Å². The van der Waals surface area contributed by atoms with Gasteiger partial charge in [-0.2, -0.15) is 5.10 Å². The highest BCUT2D eigenvalue weighted by atomic mass is 15.3. The molecule has 130 valence electrons. The van der Waals surface area contributed by atoms with Crippen LogP contribution in [-0.2, 0) is 6.54 Å². The first-order valence-corrected chi connectivity index (χ1v) is 8.58. The molecule has 2 rings (SSSR count). The predicted octanol–water partition coefficient (Wildman–Crippen LogP) is 2.86. The molecule has 0 aliphatic carbocycles. The third kappa shape index (κ3) is 5.72. The average molecular weight is 327 g/mol. The molecule has 1 aromatic carbocycles. The van der Waals surface area contributed by atoms with Crippen molar-refractivity contribution in [2.75, 3.05) is 20.1 Å². The van der Waals surface area contributed by atoms with Crippen LogP contribution in [0.25, 0.3) is 0 Å². The lowest BCUT2D eigenvalue weighted by molar-refractivity contribution is 0.569. The Bertz CT molecular complexity index is 659. The highest BCUT2D eigenvalue weighted by Gasteiger charge is 2.06. The normalized spacial score (nSPS) is 12.9. The van der Waals surface area contributed by atoms with Gasteiger partial charge in [0.05, 0.1) is 6.20 Å². The van der Waals surface area contributed by atoms with Crippen molar-refractivity contribution in [1.82, 2.24) is 20.4 Å². The fourth-order valence-electron chi connectivity index (χ4n) is 2.60. The molecule has 0 saturated heterocycles. The summed E-state index contributed by atoms with van der Waals surface area (Å²) in [6, 6.07) is 8.67. The molecular formula is C19H29N5. The van der Waals surface area contributed by atoms with E-state index in [0.717, 1.165) is 32.0 Å². The van der Waals surface area contributed by atoms with Crippen LogP contribution in [0.4, 0.5) is 0 Å². The molecule has 5 nitrogen and oxygen atoms in total. The van der Waals surface area contributed by atoms with E-state index < -0.39 is 0 Å². The molecule has 2 N–H and O–H groups in total. The molecule has 0 saturated carbocycles. The van der Waals surface area contributed by atoms with E-state index in [0.29, 0.717) is 5.92 Å². The second kappa shape index (κ2) is 9.11. The molecule has 0 bridgehead atoms. The van der Waals surface area contributed by atoms with Crippen LogP contribution in [0, 0.1) is 13.8 Å². The molecule has 1 heterocycles.